The molecular formula is C13H22N2O4S. The van der Waals surface area contributed by atoms with E-state index in [1.54, 1.807) is 13.8 Å². The van der Waals surface area contributed by atoms with Crippen LogP contribution in [0.5, 0.6) is 0 Å². The van der Waals surface area contributed by atoms with E-state index in [0.717, 1.165) is 19.1 Å². The van der Waals surface area contributed by atoms with Gasteiger partial charge in [0.05, 0.1) is 5.75 Å². The maximum Gasteiger partial charge on any atom is 0.249 e. The molecule has 1 saturated carbocycles. The molecule has 1 spiro atoms. The monoisotopic (exact) mass is 302 g/mol. The van der Waals surface area contributed by atoms with Crippen LogP contribution in [0.2, 0.25) is 0 Å². The molecule has 2 amide bonds. The third-order valence-corrected chi connectivity index (χ3v) is 5.30. The van der Waals surface area contributed by atoms with E-state index in [1.807, 2.05) is 0 Å². The predicted molar refractivity (Wildman–Crippen MR) is 74.8 cm³/mol. The van der Waals surface area contributed by atoms with Gasteiger partial charge in [0.2, 0.25) is 11.8 Å². The second kappa shape index (κ2) is 4.72. The van der Waals surface area contributed by atoms with Gasteiger partial charge in [0, 0.05) is 12.8 Å². The van der Waals surface area contributed by atoms with Crippen LogP contribution in [0, 0.1) is 0 Å². The summed E-state index contributed by atoms with van der Waals surface area (Å²) < 4.78 is 22.7. The number of carbonyl (C=O) groups excluding carboxylic acids is 2. The number of piperazine rings is 1. The fourth-order valence-corrected chi connectivity index (χ4v) is 3.53. The van der Waals surface area contributed by atoms with Gasteiger partial charge in [-0.05, 0) is 26.7 Å². The van der Waals surface area contributed by atoms with Crippen molar-refractivity contribution in [2.75, 3.05) is 18.6 Å². The largest absolute Gasteiger partial charge is 0.340 e. The molecule has 0 aromatic rings. The second-order valence-corrected chi connectivity index (χ2v) is 8.65. The Morgan fingerprint density at radius 1 is 1.20 bits per heavy atom. The average molecular weight is 302 g/mol. The van der Waals surface area contributed by atoms with Crippen LogP contribution in [0.15, 0.2) is 0 Å². The van der Waals surface area contributed by atoms with Gasteiger partial charge < -0.3 is 10.2 Å². The molecule has 20 heavy (non-hydrogen) atoms. The van der Waals surface area contributed by atoms with E-state index in [2.05, 4.69) is 5.32 Å². The molecule has 0 bridgehead atoms. The maximum atomic E-state index is 12.7. The van der Waals surface area contributed by atoms with Crippen molar-refractivity contribution >= 4 is 21.7 Å². The van der Waals surface area contributed by atoms with Gasteiger partial charge in [-0.15, -0.1) is 0 Å². The summed E-state index contributed by atoms with van der Waals surface area (Å²) in [6.45, 7) is 3.38. The molecule has 0 aromatic heterocycles. The first-order valence-electron chi connectivity index (χ1n) is 6.91. The van der Waals surface area contributed by atoms with E-state index < -0.39 is 20.9 Å². The summed E-state index contributed by atoms with van der Waals surface area (Å²) in [7, 11) is -3.18. The fraction of sp³-hybridized carbons (Fsp3) is 0.846. The molecule has 1 aliphatic carbocycles. The molecular weight excluding hydrogens is 280 g/mol. The lowest BCUT2D eigenvalue weighted by molar-refractivity contribution is -0.160. The van der Waals surface area contributed by atoms with Crippen LogP contribution in [0.3, 0.4) is 0 Å². The summed E-state index contributed by atoms with van der Waals surface area (Å²) in [5.41, 5.74) is -1.81. The van der Waals surface area contributed by atoms with Crippen LogP contribution in [-0.2, 0) is 19.4 Å². The SMILES string of the molecule is CC1(C)C(=O)NC2(CCCC2)C(=O)N1CCS(C)(=O)=O. The molecule has 7 heteroatoms. The molecule has 2 fully saturated rings. The van der Waals surface area contributed by atoms with Crippen molar-refractivity contribution in [3.63, 3.8) is 0 Å². The van der Waals surface area contributed by atoms with E-state index in [-0.39, 0.29) is 24.1 Å². The molecule has 2 rings (SSSR count). The number of sulfone groups is 1. The minimum Gasteiger partial charge on any atom is -0.340 e. The third kappa shape index (κ3) is 2.55. The first-order chi connectivity index (χ1) is 9.08. The zero-order chi connectivity index (χ0) is 15.2. The van der Waals surface area contributed by atoms with Crippen molar-refractivity contribution in [1.29, 1.82) is 0 Å². The summed E-state index contributed by atoms with van der Waals surface area (Å²) >= 11 is 0. The Labute approximate surface area is 119 Å². The van der Waals surface area contributed by atoms with Gasteiger partial charge in [0.25, 0.3) is 0 Å². The highest BCUT2D eigenvalue weighted by molar-refractivity contribution is 7.90. The molecule has 0 aromatic carbocycles. The van der Waals surface area contributed by atoms with Crippen molar-refractivity contribution in [2.24, 2.45) is 0 Å². The summed E-state index contributed by atoms with van der Waals surface area (Å²) in [4.78, 5) is 26.5. The minimum atomic E-state index is -3.18. The first-order valence-corrected chi connectivity index (χ1v) is 8.97. The van der Waals surface area contributed by atoms with Gasteiger partial charge in [-0.3, -0.25) is 9.59 Å². The fourth-order valence-electron chi connectivity index (χ4n) is 3.01. The lowest BCUT2D eigenvalue weighted by atomic mass is 9.86. The van der Waals surface area contributed by atoms with Gasteiger partial charge in [-0.25, -0.2) is 8.42 Å². The quantitative estimate of drug-likeness (QED) is 0.800. The molecule has 1 saturated heterocycles. The van der Waals surface area contributed by atoms with E-state index >= 15 is 0 Å². The van der Waals surface area contributed by atoms with Crippen molar-refractivity contribution in [1.82, 2.24) is 10.2 Å². The van der Waals surface area contributed by atoms with Gasteiger partial charge in [0.1, 0.15) is 20.9 Å². The standard InChI is InChI=1S/C13H22N2O4S/c1-12(2)10(16)14-13(6-4-5-7-13)11(17)15(12)8-9-20(3,18)19/h4-9H2,1-3H3,(H,14,16). The highest BCUT2D eigenvalue weighted by Crippen LogP contribution is 2.37. The molecule has 0 atom stereocenters. The summed E-state index contributed by atoms with van der Waals surface area (Å²) in [5.74, 6) is -0.457. The van der Waals surface area contributed by atoms with Gasteiger partial charge in [-0.2, -0.15) is 0 Å². The summed E-state index contributed by atoms with van der Waals surface area (Å²) in [6.07, 6.45) is 4.24. The van der Waals surface area contributed by atoms with Crippen LogP contribution in [0.25, 0.3) is 0 Å². The first kappa shape index (κ1) is 15.3. The van der Waals surface area contributed by atoms with Crippen LogP contribution in [0.1, 0.15) is 39.5 Å². The third-order valence-electron chi connectivity index (χ3n) is 4.38. The predicted octanol–water partition coefficient (Wildman–Crippen LogP) is 0.0808. The second-order valence-electron chi connectivity index (χ2n) is 6.39. The molecule has 0 unspecified atom stereocenters. The van der Waals surface area contributed by atoms with Crippen LogP contribution in [-0.4, -0.2) is 54.8 Å². The van der Waals surface area contributed by atoms with Crippen molar-refractivity contribution in [3.8, 4) is 0 Å². The smallest absolute Gasteiger partial charge is 0.249 e. The molecule has 6 nitrogen and oxygen atoms in total. The summed E-state index contributed by atoms with van der Waals surface area (Å²) in [5, 5.41) is 2.88. The van der Waals surface area contributed by atoms with Gasteiger partial charge in [-0.1, -0.05) is 12.8 Å². The molecule has 114 valence electrons. The highest BCUT2D eigenvalue weighted by Gasteiger charge is 2.55. The van der Waals surface area contributed by atoms with Gasteiger partial charge in [0.15, 0.2) is 0 Å². The minimum absolute atomic E-state index is 0.0693. The van der Waals surface area contributed by atoms with Crippen LogP contribution in [0.4, 0.5) is 0 Å². The average Bonchev–Trinajstić information content (AvgIpc) is 2.75. The number of hydrogen-bond acceptors (Lipinski definition) is 4. The Morgan fingerprint density at radius 2 is 1.75 bits per heavy atom. The van der Waals surface area contributed by atoms with E-state index in [0.29, 0.717) is 12.8 Å². The zero-order valence-corrected chi connectivity index (χ0v) is 13.0. The number of hydrogen-bond donors (Lipinski definition) is 1. The zero-order valence-electron chi connectivity index (χ0n) is 12.2. The van der Waals surface area contributed by atoms with E-state index in [1.165, 1.54) is 4.90 Å². The number of carbonyl (C=O) groups is 2. The van der Waals surface area contributed by atoms with E-state index in [9.17, 15) is 18.0 Å². The van der Waals surface area contributed by atoms with Crippen LogP contribution >= 0.6 is 0 Å². The lowest BCUT2D eigenvalue weighted by Crippen LogP contribution is -2.73. The highest BCUT2D eigenvalue weighted by atomic mass is 32.2. The normalized spacial score (nSPS) is 25.1. The number of nitrogens with one attached hydrogen (secondary N) is 1. The number of amides is 2. The number of rotatable bonds is 3. The van der Waals surface area contributed by atoms with Crippen LogP contribution < -0.4 is 5.32 Å². The molecule has 1 N–H and O–H groups in total. The van der Waals surface area contributed by atoms with Crippen molar-refractivity contribution in [2.45, 2.75) is 50.6 Å². The lowest BCUT2D eigenvalue weighted by Gasteiger charge is -2.48. The Morgan fingerprint density at radius 3 is 2.25 bits per heavy atom. The van der Waals surface area contributed by atoms with Crippen molar-refractivity contribution < 1.29 is 18.0 Å². The van der Waals surface area contributed by atoms with E-state index in [4.69, 9.17) is 0 Å². The molecule has 0 radical (unpaired) electrons. The van der Waals surface area contributed by atoms with Crippen molar-refractivity contribution in [3.05, 3.63) is 0 Å². The molecule has 1 aliphatic heterocycles. The van der Waals surface area contributed by atoms with Gasteiger partial charge >= 0.3 is 0 Å². The Hall–Kier alpha value is -1.11. The Balaban J connectivity index is 2.29. The Kier molecular flexibility index (Phi) is 3.60. The molecule has 1 heterocycles. The molecule has 2 aliphatic rings. The number of nitrogens with zero attached hydrogens (tertiary/aromatic N) is 1. The maximum absolute atomic E-state index is 12.7. The Bertz CT molecular complexity index is 533. The topological polar surface area (TPSA) is 83.6 Å². The summed E-state index contributed by atoms with van der Waals surface area (Å²) in [6, 6.07) is 0.